The first-order valence-electron chi connectivity index (χ1n) is 7.67. The van der Waals surface area contributed by atoms with Crippen LogP contribution in [-0.2, 0) is 0 Å². The summed E-state index contributed by atoms with van der Waals surface area (Å²) in [4.78, 5) is 17.2. The van der Waals surface area contributed by atoms with Crippen LogP contribution in [0.2, 0.25) is 0 Å². The van der Waals surface area contributed by atoms with Crippen molar-refractivity contribution < 1.29 is 4.79 Å². The van der Waals surface area contributed by atoms with Crippen LogP contribution in [0.3, 0.4) is 0 Å². The van der Waals surface area contributed by atoms with Gasteiger partial charge < -0.3 is 4.90 Å². The minimum absolute atomic E-state index is 0.272. The lowest BCUT2D eigenvalue weighted by atomic mass is 10.0. The number of carbonyl (C=O) groups is 1. The van der Waals surface area contributed by atoms with Gasteiger partial charge in [-0.1, -0.05) is 31.2 Å². The summed E-state index contributed by atoms with van der Waals surface area (Å²) in [6.07, 6.45) is 0.629. The average molecular weight is 274 g/mol. The molecule has 110 valence electrons. The molecule has 1 saturated heterocycles. The van der Waals surface area contributed by atoms with E-state index in [-0.39, 0.29) is 5.78 Å². The maximum atomic E-state index is 12.3. The molecule has 1 heterocycles. The summed E-state index contributed by atoms with van der Waals surface area (Å²) in [7, 11) is 0. The number of carbonyl (C=O) groups excluding carboxylic acids is 1. The van der Waals surface area contributed by atoms with Crippen molar-refractivity contribution >= 4 is 5.78 Å². The highest BCUT2D eigenvalue weighted by molar-refractivity contribution is 5.97. The first-order chi connectivity index (χ1) is 9.61. The Bertz CT molecular complexity index is 458. The van der Waals surface area contributed by atoms with Crippen LogP contribution in [0.15, 0.2) is 24.3 Å². The van der Waals surface area contributed by atoms with Crippen LogP contribution in [0.5, 0.6) is 0 Å². The first-order valence-corrected chi connectivity index (χ1v) is 7.67. The third kappa shape index (κ3) is 3.68. The molecular formula is C17H26N2O. The highest BCUT2D eigenvalue weighted by Gasteiger charge is 2.22. The number of benzene rings is 1. The molecule has 1 fully saturated rings. The Morgan fingerprint density at radius 2 is 2.05 bits per heavy atom. The molecule has 0 aromatic heterocycles. The van der Waals surface area contributed by atoms with Crippen LogP contribution in [0.1, 0.15) is 36.2 Å². The van der Waals surface area contributed by atoms with Gasteiger partial charge in [0.2, 0.25) is 0 Å². The van der Waals surface area contributed by atoms with Crippen LogP contribution in [0, 0.1) is 6.92 Å². The molecule has 0 aliphatic carbocycles. The molecular weight excluding hydrogens is 248 g/mol. The highest BCUT2D eigenvalue weighted by atomic mass is 16.1. The molecule has 1 atom stereocenters. The lowest BCUT2D eigenvalue weighted by Gasteiger charge is -2.39. The van der Waals surface area contributed by atoms with Crippen molar-refractivity contribution in [3.63, 3.8) is 0 Å². The van der Waals surface area contributed by atoms with E-state index in [1.54, 1.807) is 0 Å². The molecule has 0 bridgehead atoms. The highest BCUT2D eigenvalue weighted by Crippen LogP contribution is 2.13. The van der Waals surface area contributed by atoms with Gasteiger partial charge in [-0.25, -0.2) is 0 Å². The molecule has 0 N–H and O–H groups in total. The number of nitrogens with zero attached hydrogens (tertiary/aromatic N) is 2. The van der Waals surface area contributed by atoms with Gasteiger partial charge in [0.15, 0.2) is 5.78 Å². The second kappa shape index (κ2) is 7.00. The van der Waals surface area contributed by atoms with Gasteiger partial charge in [0.05, 0.1) is 0 Å². The molecule has 1 aromatic rings. The van der Waals surface area contributed by atoms with Gasteiger partial charge in [0.25, 0.3) is 0 Å². The van der Waals surface area contributed by atoms with E-state index in [0.29, 0.717) is 12.5 Å². The van der Waals surface area contributed by atoms with Crippen molar-refractivity contribution in [2.75, 3.05) is 32.7 Å². The van der Waals surface area contributed by atoms with Crippen molar-refractivity contribution in [3.8, 4) is 0 Å². The largest absolute Gasteiger partial charge is 0.300 e. The number of aryl methyl sites for hydroxylation is 1. The lowest BCUT2D eigenvalue weighted by molar-refractivity contribution is 0.0796. The molecule has 0 amide bonds. The van der Waals surface area contributed by atoms with E-state index in [0.717, 1.165) is 43.9 Å². The van der Waals surface area contributed by atoms with Crippen molar-refractivity contribution in [2.24, 2.45) is 0 Å². The molecule has 2 rings (SSSR count). The van der Waals surface area contributed by atoms with E-state index >= 15 is 0 Å². The SMILES string of the molecule is CCN1CCN(CCC(=O)c2ccccc2C)CC1C. The van der Waals surface area contributed by atoms with Crippen LogP contribution in [0.4, 0.5) is 0 Å². The molecule has 3 heteroatoms. The van der Waals surface area contributed by atoms with E-state index in [9.17, 15) is 4.79 Å². The quantitative estimate of drug-likeness (QED) is 0.771. The number of piperazine rings is 1. The number of rotatable bonds is 5. The zero-order valence-electron chi connectivity index (χ0n) is 12.9. The number of hydrogen-bond donors (Lipinski definition) is 0. The third-order valence-corrected chi connectivity index (χ3v) is 4.36. The summed E-state index contributed by atoms with van der Waals surface area (Å²) in [5.41, 5.74) is 1.97. The summed E-state index contributed by atoms with van der Waals surface area (Å²) in [5, 5.41) is 0. The molecule has 0 saturated carbocycles. The smallest absolute Gasteiger partial charge is 0.164 e. The van der Waals surface area contributed by atoms with E-state index < -0.39 is 0 Å². The van der Waals surface area contributed by atoms with Crippen LogP contribution in [-0.4, -0.2) is 54.3 Å². The fourth-order valence-electron chi connectivity index (χ4n) is 3.02. The Balaban J connectivity index is 1.84. The fraction of sp³-hybridized carbons (Fsp3) is 0.588. The van der Waals surface area contributed by atoms with Gasteiger partial charge in [-0.05, 0) is 26.0 Å². The zero-order valence-corrected chi connectivity index (χ0v) is 12.9. The number of likely N-dealkylation sites (N-methyl/N-ethyl adjacent to an activating group) is 1. The van der Waals surface area contributed by atoms with Gasteiger partial charge >= 0.3 is 0 Å². The molecule has 1 aliphatic rings. The molecule has 1 aliphatic heterocycles. The maximum absolute atomic E-state index is 12.3. The van der Waals surface area contributed by atoms with Gasteiger partial charge in [-0.3, -0.25) is 9.69 Å². The predicted molar refractivity (Wildman–Crippen MR) is 83.3 cm³/mol. The van der Waals surface area contributed by atoms with Gasteiger partial charge in [-0.2, -0.15) is 0 Å². The summed E-state index contributed by atoms with van der Waals surface area (Å²) in [5.74, 6) is 0.272. The zero-order chi connectivity index (χ0) is 14.5. The maximum Gasteiger partial charge on any atom is 0.164 e. The Labute approximate surface area is 122 Å². The normalized spacial score (nSPS) is 21.1. The molecule has 20 heavy (non-hydrogen) atoms. The van der Waals surface area contributed by atoms with Gasteiger partial charge in [0.1, 0.15) is 0 Å². The van der Waals surface area contributed by atoms with E-state index in [1.807, 2.05) is 31.2 Å². The van der Waals surface area contributed by atoms with Crippen LogP contribution in [0.25, 0.3) is 0 Å². The molecule has 1 aromatic carbocycles. The minimum Gasteiger partial charge on any atom is -0.300 e. The summed E-state index contributed by atoms with van der Waals surface area (Å²) in [6, 6.07) is 8.48. The van der Waals surface area contributed by atoms with E-state index in [2.05, 4.69) is 23.6 Å². The standard InChI is InChI=1S/C17H26N2O/c1-4-19-12-11-18(13-15(19)3)10-9-17(20)16-8-6-5-7-14(16)2/h5-8,15H,4,9-13H2,1-3H3. The van der Waals surface area contributed by atoms with Gasteiger partial charge in [0, 0.05) is 44.2 Å². The first kappa shape index (κ1) is 15.2. The summed E-state index contributed by atoms with van der Waals surface area (Å²) in [6.45, 7) is 11.8. The van der Waals surface area contributed by atoms with Crippen LogP contribution < -0.4 is 0 Å². The number of hydrogen-bond acceptors (Lipinski definition) is 3. The summed E-state index contributed by atoms with van der Waals surface area (Å²) < 4.78 is 0. The van der Waals surface area contributed by atoms with Gasteiger partial charge in [-0.15, -0.1) is 0 Å². The van der Waals surface area contributed by atoms with Crippen LogP contribution >= 0.6 is 0 Å². The Hall–Kier alpha value is -1.19. The van der Waals surface area contributed by atoms with Crippen molar-refractivity contribution in [1.29, 1.82) is 0 Å². The second-order valence-corrected chi connectivity index (χ2v) is 5.77. The predicted octanol–water partition coefficient (Wildman–Crippen LogP) is 2.59. The van der Waals surface area contributed by atoms with Crippen molar-refractivity contribution in [2.45, 2.75) is 33.2 Å². The monoisotopic (exact) mass is 274 g/mol. The van der Waals surface area contributed by atoms with Crippen molar-refractivity contribution in [1.82, 2.24) is 9.80 Å². The molecule has 0 radical (unpaired) electrons. The number of ketones is 1. The average Bonchev–Trinajstić information content (AvgIpc) is 2.45. The third-order valence-electron chi connectivity index (χ3n) is 4.36. The molecule has 3 nitrogen and oxygen atoms in total. The molecule has 1 unspecified atom stereocenters. The Morgan fingerprint density at radius 1 is 1.30 bits per heavy atom. The fourth-order valence-corrected chi connectivity index (χ4v) is 3.02. The Morgan fingerprint density at radius 3 is 2.70 bits per heavy atom. The van der Waals surface area contributed by atoms with E-state index in [1.165, 1.54) is 0 Å². The topological polar surface area (TPSA) is 23.6 Å². The van der Waals surface area contributed by atoms with E-state index in [4.69, 9.17) is 0 Å². The Kier molecular flexibility index (Phi) is 5.32. The molecule has 0 spiro atoms. The summed E-state index contributed by atoms with van der Waals surface area (Å²) >= 11 is 0. The minimum atomic E-state index is 0.272. The van der Waals surface area contributed by atoms with Crippen molar-refractivity contribution in [3.05, 3.63) is 35.4 Å². The number of Topliss-reactive ketones (excluding diaryl/α,β-unsaturated/α-hetero) is 1. The second-order valence-electron chi connectivity index (χ2n) is 5.77. The lowest BCUT2D eigenvalue weighted by Crippen LogP contribution is -2.51.